The number of halogens is 1. The van der Waals surface area contributed by atoms with Crippen molar-refractivity contribution in [3.63, 3.8) is 0 Å². The fourth-order valence-electron chi connectivity index (χ4n) is 1.83. The summed E-state index contributed by atoms with van der Waals surface area (Å²) in [6.45, 7) is 2.81. The predicted molar refractivity (Wildman–Crippen MR) is 78.3 cm³/mol. The second-order valence-electron chi connectivity index (χ2n) is 4.58. The van der Waals surface area contributed by atoms with Crippen molar-refractivity contribution in [2.75, 3.05) is 6.61 Å². The number of carbonyl (C=O) groups excluding carboxylic acids is 1. The Morgan fingerprint density at radius 1 is 1.14 bits per heavy atom. The average Bonchev–Trinajstić information content (AvgIpc) is 2.51. The van der Waals surface area contributed by atoms with Gasteiger partial charge in [-0.3, -0.25) is 4.79 Å². The molecule has 0 aromatic heterocycles. The predicted octanol–water partition coefficient (Wildman–Crippen LogP) is 4.01. The van der Waals surface area contributed by atoms with Crippen molar-refractivity contribution in [1.29, 1.82) is 0 Å². The molecule has 0 bridgehead atoms. The van der Waals surface area contributed by atoms with E-state index < -0.39 is 0 Å². The van der Waals surface area contributed by atoms with Crippen molar-refractivity contribution < 1.29 is 18.7 Å². The Morgan fingerprint density at radius 2 is 2.00 bits per heavy atom. The number of benzene rings is 2. The van der Waals surface area contributed by atoms with E-state index in [0.717, 1.165) is 12.7 Å². The molecule has 2 rings (SSSR count). The molecular formula is C17H17FO3. The summed E-state index contributed by atoms with van der Waals surface area (Å²) in [5.41, 5.74) is 1.14. The van der Waals surface area contributed by atoms with Gasteiger partial charge in [0.1, 0.15) is 23.9 Å². The Balaban J connectivity index is 2.11. The van der Waals surface area contributed by atoms with E-state index in [-0.39, 0.29) is 12.4 Å². The minimum absolute atomic E-state index is 0.190. The molecule has 2 aromatic rings. The van der Waals surface area contributed by atoms with E-state index in [2.05, 4.69) is 0 Å². The topological polar surface area (TPSA) is 35.5 Å². The number of hydrogen-bond acceptors (Lipinski definition) is 3. The van der Waals surface area contributed by atoms with Gasteiger partial charge in [0.15, 0.2) is 6.29 Å². The third-order valence-corrected chi connectivity index (χ3v) is 2.87. The maximum absolute atomic E-state index is 13.1. The van der Waals surface area contributed by atoms with E-state index in [9.17, 15) is 9.18 Å². The first-order valence-corrected chi connectivity index (χ1v) is 6.82. The summed E-state index contributed by atoms with van der Waals surface area (Å²) in [7, 11) is 0. The number of aldehydes is 1. The van der Waals surface area contributed by atoms with Gasteiger partial charge in [-0.25, -0.2) is 4.39 Å². The Bertz CT molecular complexity index is 611. The molecule has 0 unspecified atom stereocenters. The van der Waals surface area contributed by atoms with Crippen LogP contribution in [0.2, 0.25) is 0 Å². The third-order valence-electron chi connectivity index (χ3n) is 2.87. The highest BCUT2D eigenvalue weighted by atomic mass is 19.1. The summed E-state index contributed by atoms with van der Waals surface area (Å²) in [5.74, 6) is 0.770. The Labute approximate surface area is 123 Å². The zero-order valence-electron chi connectivity index (χ0n) is 11.8. The smallest absolute Gasteiger partial charge is 0.153 e. The first kappa shape index (κ1) is 15.0. The summed E-state index contributed by atoms with van der Waals surface area (Å²) in [6, 6.07) is 11.2. The molecular weight excluding hydrogens is 271 g/mol. The largest absolute Gasteiger partial charge is 0.493 e. The molecule has 0 saturated heterocycles. The second-order valence-corrected chi connectivity index (χ2v) is 4.58. The van der Waals surface area contributed by atoms with E-state index in [1.54, 1.807) is 30.3 Å². The fraction of sp³-hybridized carbons (Fsp3) is 0.235. The molecule has 21 heavy (non-hydrogen) atoms. The highest BCUT2D eigenvalue weighted by Crippen LogP contribution is 2.25. The number of carbonyl (C=O) groups is 1. The van der Waals surface area contributed by atoms with Gasteiger partial charge < -0.3 is 9.47 Å². The van der Waals surface area contributed by atoms with Crippen molar-refractivity contribution in [3.8, 4) is 11.5 Å². The molecule has 2 aromatic carbocycles. The van der Waals surface area contributed by atoms with Crippen molar-refractivity contribution in [1.82, 2.24) is 0 Å². The third kappa shape index (κ3) is 4.31. The van der Waals surface area contributed by atoms with Crippen molar-refractivity contribution in [2.24, 2.45) is 0 Å². The van der Waals surface area contributed by atoms with Crippen LogP contribution in [0.4, 0.5) is 4.39 Å². The van der Waals surface area contributed by atoms with E-state index in [4.69, 9.17) is 9.47 Å². The zero-order valence-corrected chi connectivity index (χ0v) is 11.8. The summed E-state index contributed by atoms with van der Waals surface area (Å²) < 4.78 is 24.2. The van der Waals surface area contributed by atoms with Gasteiger partial charge in [0.25, 0.3) is 0 Å². The Morgan fingerprint density at radius 3 is 2.71 bits per heavy atom. The second kappa shape index (κ2) is 7.43. The molecule has 0 atom stereocenters. The van der Waals surface area contributed by atoms with Crippen molar-refractivity contribution in [2.45, 2.75) is 20.0 Å². The van der Waals surface area contributed by atoms with Crippen LogP contribution < -0.4 is 9.47 Å². The van der Waals surface area contributed by atoms with Crippen LogP contribution in [0.25, 0.3) is 0 Å². The Kier molecular flexibility index (Phi) is 5.32. The molecule has 0 N–H and O–H groups in total. The summed E-state index contributed by atoms with van der Waals surface area (Å²) >= 11 is 0. The summed E-state index contributed by atoms with van der Waals surface area (Å²) in [6.07, 6.45) is 1.62. The number of ether oxygens (including phenoxy) is 2. The van der Waals surface area contributed by atoms with Gasteiger partial charge in [0.05, 0.1) is 12.2 Å². The normalized spacial score (nSPS) is 10.2. The quantitative estimate of drug-likeness (QED) is 0.722. The first-order valence-electron chi connectivity index (χ1n) is 6.82. The Hall–Kier alpha value is -2.36. The van der Waals surface area contributed by atoms with E-state index in [1.165, 1.54) is 12.1 Å². The number of rotatable bonds is 7. The molecule has 3 nitrogen and oxygen atoms in total. The summed E-state index contributed by atoms with van der Waals surface area (Å²) in [5, 5.41) is 0. The van der Waals surface area contributed by atoms with Crippen LogP contribution in [0.3, 0.4) is 0 Å². The molecule has 0 aliphatic carbocycles. The van der Waals surface area contributed by atoms with Gasteiger partial charge in [-0.2, -0.15) is 0 Å². The monoisotopic (exact) mass is 288 g/mol. The standard InChI is InChI=1S/C17H17FO3/c1-2-8-20-16-7-6-14(11-19)17(10-16)21-12-13-4-3-5-15(18)9-13/h3-7,9-11H,2,8,12H2,1H3. The lowest BCUT2D eigenvalue weighted by Crippen LogP contribution is -2.00. The summed E-state index contributed by atoms with van der Waals surface area (Å²) in [4.78, 5) is 11.0. The fourth-order valence-corrected chi connectivity index (χ4v) is 1.83. The molecule has 0 spiro atoms. The highest BCUT2D eigenvalue weighted by Gasteiger charge is 2.06. The zero-order chi connectivity index (χ0) is 15.1. The van der Waals surface area contributed by atoms with Crippen LogP contribution in [-0.2, 0) is 6.61 Å². The van der Waals surface area contributed by atoms with Gasteiger partial charge in [0.2, 0.25) is 0 Å². The SMILES string of the molecule is CCCOc1ccc(C=O)c(OCc2cccc(F)c2)c1. The van der Waals surface area contributed by atoms with Gasteiger partial charge >= 0.3 is 0 Å². The van der Waals surface area contributed by atoms with Crippen molar-refractivity contribution >= 4 is 6.29 Å². The van der Waals surface area contributed by atoms with Crippen LogP contribution in [0.5, 0.6) is 11.5 Å². The molecule has 0 radical (unpaired) electrons. The van der Waals surface area contributed by atoms with Crippen LogP contribution in [0, 0.1) is 5.82 Å². The van der Waals surface area contributed by atoms with Gasteiger partial charge in [0, 0.05) is 6.07 Å². The maximum atomic E-state index is 13.1. The van der Waals surface area contributed by atoms with E-state index >= 15 is 0 Å². The van der Waals surface area contributed by atoms with Gasteiger partial charge in [-0.15, -0.1) is 0 Å². The lowest BCUT2D eigenvalue weighted by atomic mass is 10.2. The first-order chi connectivity index (χ1) is 10.2. The van der Waals surface area contributed by atoms with Crippen LogP contribution in [-0.4, -0.2) is 12.9 Å². The average molecular weight is 288 g/mol. The minimum atomic E-state index is -0.313. The van der Waals surface area contributed by atoms with Gasteiger partial charge in [-0.05, 0) is 36.2 Å². The molecule has 0 saturated carbocycles. The van der Waals surface area contributed by atoms with Crippen LogP contribution in [0.15, 0.2) is 42.5 Å². The van der Waals surface area contributed by atoms with Gasteiger partial charge in [-0.1, -0.05) is 19.1 Å². The van der Waals surface area contributed by atoms with E-state index in [0.29, 0.717) is 29.2 Å². The molecule has 0 heterocycles. The molecule has 0 amide bonds. The molecule has 0 aliphatic heterocycles. The maximum Gasteiger partial charge on any atom is 0.153 e. The molecule has 0 fully saturated rings. The van der Waals surface area contributed by atoms with Crippen LogP contribution >= 0.6 is 0 Å². The highest BCUT2D eigenvalue weighted by molar-refractivity contribution is 5.79. The molecule has 110 valence electrons. The lowest BCUT2D eigenvalue weighted by molar-refractivity contribution is 0.111. The molecule has 4 heteroatoms. The number of hydrogen-bond donors (Lipinski definition) is 0. The van der Waals surface area contributed by atoms with Crippen LogP contribution in [0.1, 0.15) is 29.3 Å². The minimum Gasteiger partial charge on any atom is -0.493 e. The lowest BCUT2D eigenvalue weighted by Gasteiger charge is -2.11. The molecule has 0 aliphatic rings. The van der Waals surface area contributed by atoms with Crippen molar-refractivity contribution in [3.05, 3.63) is 59.4 Å². The van der Waals surface area contributed by atoms with E-state index in [1.807, 2.05) is 6.92 Å².